The molecule has 1 N–H and O–H groups in total. The van der Waals surface area contributed by atoms with Gasteiger partial charge in [-0.15, -0.1) is 10.2 Å². The summed E-state index contributed by atoms with van der Waals surface area (Å²) in [6, 6.07) is 4.62. The van der Waals surface area contributed by atoms with Crippen LogP contribution in [0.5, 0.6) is 11.5 Å². The van der Waals surface area contributed by atoms with Crippen molar-refractivity contribution >= 4 is 11.7 Å². The molecule has 2 atom stereocenters. The number of benzene rings is 1. The quantitative estimate of drug-likeness (QED) is 0.844. The maximum atomic E-state index is 12.4. The van der Waals surface area contributed by atoms with E-state index in [-0.39, 0.29) is 34.6 Å². The van der Waals surface area contributed by atoms with E-state index >= 15 is 0 Å². The number of aliphatic hydroxyl groups is 1. The Morgan fingerprint density at radius 3 is 2.44 bits per heavy atom. The number of hydrogen-bond acceptors (Lipinski definition) is 6. The fourth-order valence-electron chi connectivity index (χ4n) is 3.47. The highest BCUT2D eigenvalue weighted by atomic mass is 16.5. The van der Waals surface area contributed by atoms with E-state index in [0.717, 1.165) is 25.7 Å². The number of ether oxygens (including phenoxy) is 2. The van der Waals surface area contributed by atoms with Crippen LogP contribution >= 0.6 is 0 Å². The lowest BCUT2D eigenvalue weighted by Gasteiger charge is -2.23. The average Bonchev–Trinajstić information content (AvgIpc) is 2.90. The number of amides is 1. The van der Waals surface area contributed by atoms with Crippen LogP contribution in [0, 0.1) is 11.8 Å². The molecule has 1 fully saturated rings. The summed E-state index contributed by atoms with van der Waals surface area (Å²) in [5.41, 5.74) is 0.176. The van der Waals surface area contributed by atoms with Gasteiger partial charge in [0.1, 0.15) is 5.76 Å². The molecule has 2 aliphatic rings. The molecule has 0 spiro atoms. The van der Waals surface area contributed by atoms with Gasteiger partial charge in [-0.25, -0.2) is 0 Å². The van der Waals surface area contributed by atoms with Crippen molar-refractivity contribution in [1.82, 2.24) is 0 Å². The molecule has 0 aromatic heterocycles. The largest absolute Gasteiger partial charge is 0.510 e. The Morgan fingerprint density at radius 1 is 1.12 bits per heavy atom. The minimum Gasteiger partial charge on any atom is -0.510 e. The normalized spacial score (nSPS) is 23.0. The third-order valence-electron chi connectivity index (χ3n) is 4.80. The molecule has 25 heavy (non-hydrogen) atoms. The van der Waals surface area contributed by atoms with Gasteiger partial charge in [-0.2, -0.15) is 0 Å². The summed E-state index contributed by atoms with van der Waals surface area (Å²) in [5.74, 6) is -0.376. The zero-order valence-electron chi connectivity index (χ0n) is 14.2. The topological polar surface area (TPSA) is 97.5 Å². The molecule has 0 aliphatic heterocycles. The molecule has 132 valence electrons. The Kier molecular flexibility index (Phi) is 4.83. The Morgan fingerprint density at radius 2 is 1.80 bits per heavy atom. The van der Waals surface area contributed by atoms with E-state index in [1.807, 2.05) is 0 Å². The van der Waals surface area contributed by atoms with Crippen molar-refractivity contribution in [2.75, 3.05) is 14.2 Å². The van der Waals surface area contributed by atoms with Crippen LogP contribution in [0.1, 0.15) is 36.0 Å². The molecular formula is C18H20N2O5. The molecule has 0 heterocycles. The molecule has 0 saturated heterocycles. The lowest BCUT2D eigenvalue weighted by Crippen LogP contribution is -2.21. The van der Waals surface area contributed by atoms with E-state index < -0.39 is 5.91 Å². The number of hydrogen-bond donors (Lipinski definition) is 1. The lowest BCUT2D eigenvalue weighted by atomic mass is 9.80. The van der Waals surface area contributed by atoms with Gasteiger partial charge in [-0.3, -0.25) is 9.59 Å². The Hall–Kier alpha value is -2.70. The highest BCUT2D eigenvalue weighted by Crippen LogP contribution is 2.43. The molecule has 7 heteroatoms. The van der Waals surface area contributed by atoms with Gasteiger partial charge in [0.25, 0.3) is 5.91 Å². The van der Waals surface area contributed by atoms with Crippen LogP contribution in [0.2, 0.25) is 0 Å². The van der Waals surface area contributed by atoms with Crippen molar-refractivity contribution in [2.24, 2.45) is 22.1 Å². The number of carbonyl (C=O) groups is 2. The third kappa shape index (κ3) is 3.14. The Balaban J connectivity index is 1.81. The number of Topliss-reactive ketones (excluding diaryl/α,β-unsaturated/α-hetero) is 1. The van der Waals surface area contributed by atoms with Crippen LogP contribution in [0.25, 0.3) is 0 Å². The maximum absolute atomic E-state index is 12.4. The van der Waals surface area contributed by atoms with E-state index in [1.165, 1.54) is 26.4 Å². The predicted molar refractivity (Wildman–Crippen MR) is 88.8 cm³/mol. The average molecular weight is 344 g/mol. The minimum atomic E-state index is -0.621. The van der Waals surface area contributed by atoms with Crippen LogP contribution in [-0.2, 0) is 4.79 Å². The number of fused-ring (bicyclic) bond motifs is 1. The fraction of sp³-hybridized carbons (Fsp3) is 0.444. The minimum absolute atomic E-state index is 0.0291. The van der Waals surface area contributed by atoms with Crippen LogP contribution < -0.4 is 9.47 Å². The van der Waals surface area contributed by atoms with Crippen molar-refractivity contribution in [3.8, 4) is 11.5 Å². The number of methoxy groups -OCH3 is 2. The van der Waals surface area contributed by atoms with Crippen LogP contribution in [0.15, 0.2) is 39.9 Å². The monoisotopic (exact) mass is 344 g/mol. The summed E-state index contributed by atoms with van der Waals surface area (Å²) < 4.78 is 10.3. The Bertz CT molecular complexity index is 769. The summed E-state index contributed by atoms with van der Waals surface area (Å²) in [6.45, 7) is 0. The first kappa shape index (κ1) is 17.1. The van der Waals surface area contributed by atoms with E-state index in [0.29, 0.717) is 11.5 Å². The SMILES string of the molecule is COc1ccc(C(=O)N=NC2=C(O)C3CCCCC3C2=O)cc1OC. The molecule has 0 radical (unpaired) electrons. The number of nitrogens with zero attached hydrogens (tertiary/aromatic N) is 2. The molecule has 2 unspecified atom stereocenters. The first-order valence-electron chi connectivity index (χ1n) is 8.22. The van der Waals surface area contributed by atoms with E-state index in [9.17, 15) is 14.7 Å². The smallest absolute Gasteiger partial charge is 0.295 e. The van der Waals surface area contributed by atoms with Crippen molar-refractivity contribution in [3.63, 3.8) is 0 Å². The number of carbonyl (C=O) groups excluding carboxylic acids is 2. The molecule has 3 rings (SSSR count). The molecule has 1 aromatic rings. The fourth-order valence-corrected chi connectivity index (χ4v) is 3.47. The highest BCUT2D eigenvalue weighted by Gasteiger charge is 2.43. The van der Waals surface area contributed by atoms with Gasteiger partial charge in [0.2, 0.25) is 0 Å². The second-order valence-corrected chi connectivity index (χ2v) is 6.17. The van der Waals surface area contributed by atoms with Gasteiger partial charge in [-0.1, -0.05) is 12.8 Å². The van der Waals surface area contributed by atoms with Crippen molar-refractivity contribution in [1.29, 1.82) is 0 Å². The third-order valence-corrected chi connectivity index (χ3v) is 4.80. The standard InChI is InChI=1S/C18H20N2O5/c1-24-13-8-7-10(9-14(13)25-2)18(23)20-19-15-16(21)11-5-3-4-6-12(11)17(15)22/h7-9,11-12,21H,3-6H2,1-2H3. The van der Waals surface area contributed by atoms with Gasteiger partial charge in [0.05, 0.1) is 14.2 Å². The van der Waals surface area contributed by atoms with Crippen molar-refractivity contribution < 1.29 is 24.2 Å². The molecule has 0 bridgehead atoms. The van der Waals surface area contributed by atoms with Gasteiger partial charge < -0.3 is 14.6 Å². The lowest BCUT2D eigenvalue weighted by molar-refractivity contribution is -0.120. The molecule has 1 amide bonds. The van der Waals surface area contributed by atoms with Crippen molar-refractivity contribution in [2.45, 2.75) is 25.7 Å². The van der Waals surface area contributed by atoms with Crippen LogP contribution in [0.4, 0.5) is 0 Å². The van der Waals surface area contributed by atoms with E-state index in [4.69, 9.17) is 9.47 Å². The van der Waals surface area contributed by atoms with E-state index in [1.54, 1.807) is 6.07 Å². The first-order chi connectivity index (χ1) is 12.1. The van der Waals surface area contributed by atoms with Crippen LogP contribution in [-0.4, -0.2) is 31.0 Å². The molecule has 2 aliphatic carbocycles. The summed E-state index contributed by atoms with van der Waals surface area (Å²) in [5, 5.41) is 17.6. The zero-order chi connectivity index (χ0) is 18.0. The summed E-state index contributed by atoms with van der Waals surface area (Å²) >= 11 is 0. The summed E-state index contributed by atoms with van der Waals surface area (Å²) in [7, 11) is 2.97. The van der Waals surface area contributed by atoms with Crippen molar-refractivity contribution in [3.05, 3.63) is 35.2 Å². The van der Waals surface area contributed by atoms with Gasteiger partial charge in [-0.05, 0) is 31.0 Å². The number of aliphatic hydroxyl groups excluding tert-OH is 1. The molecule has 7 nitrogen and oxygen atoms in total. The summed E-state index contributed by atoms with van der Waals surface area (Å²) in [4.78, 5) is 24.6. The summed E-state index contributed by atoms with van der Waals surface area (Å²) in [6.07, 6.45) is 3.46. The zero-order valence-corrected chi connectivity index (χ0v) is 14.2. The predicted octanol–water partition coefficient (Wildman–Crippen LogP) is 3.45. The number of allylic oxidation sites excluding steroid dienone is 2. The second kappa shape index (κ2) is 7.04. The first-order valence-corrected chi connectivity index (χ1v) is 8.22. The van der Waals surface area contributed by atoms with Gasteiger partial charge >= 0.3 is 0 Å². The number of ketones is 1. The van der Waals surface area contributed by atoms with E-state index in [2.05, 4.69) is 10.2 Å². The van der Waals surface area contributed by atoms with Gasteiger partial charge in [0.15, 0.2) is 23.0 Å². The molecule has 1 aromatic carbocycles. The number of rotatable bonds is 4. The Labute approximate surface area is 145 Å². The number of azo groups is 1. The second-order valence-electron chi connectivity index (χ2n) is 6.17. The molecular weight excluding hydrogens is 324 g/mol. The van der Waals surface area contributed by atoms with Crippen LogP contribution in [0.3, 0.4) is 0 Å². The maximum Gasteiger partial charge on any atom is 0.295 e. The molecule has 1 saturated carbocycles. The highest BCUT2D eigenvalue weighted by molar-refractivity contribution is 6.01. The van der Waals surface area contributed by atoms with Gasteiger partial charge in [0, 0.05) is 17.4 Å².